The highest BCUT2D eigenvalue weighted by Gasteiger charge is 2.17. The van der Waals surface area contributed by atoms with Crippen molar-refractivity contribution in [3.8, 4) is 0 Å². The van der Waals surface area contributed by atoms with Gasteiger partial charge in [0.25, 0.3) is 22.7 Å². The zero-order valence-corrected chi connectivity index (χ0v) is 12.4. The summed E-state index contributed by atoms with van der Waals surface area (Å²) in [6.07, 6.45) is 2.93. The largest absolute Gasteiger partial charge is 0.278 e. The molecule has 2 N–H and O–H groups in total. The van der Waals surface area contributed by atoms with E-state index >= 15 is 0 Å². The van der Waals surface area contributed by atoms with Gasteiger partial charge in [0, 0.05) is 17.5 Å². The van der Waals surface area contributed by atoms with Gasteiger partial charge in [-0.25, -0.2) is 19.9 Å². The molecule has 0 saturated carbocycles. The second kappa shape index (κ2) is 4.60. The van der Waals surface area contributed by atoms with Crippen molar-refractivity contribution in [1.82, 2.24) is 39.2 Å². The molecule has 4 aromatic heterocycles. The van der Waals surface area contributed by atoms with Crippen LogP contribution in [0.4, 0.5) is 0 Å². The molecular weight excluding hydrogens is 300 g/mol. The second-order valence-electron chi connectivity index (χ2n) is 5.18. The van der Waals surface area contributed by atoms with E-state index in [1.165, 1.54) is 21.7 Å². The predicted octanol–water partition coefficient (Wildman–Crippen LogP) is -0.644. The molecule has 0 atom stereocenters. The Balaban J connectivity index is 1.95. The van der Waals surface area contributed by atoms with Crippen LogP contribution in [-0.4, -0.2) is 39.2 Å². The molecule has 0 fully saturated rings. The number of hydrogen-bond donors (Lipinski definition) is 2. The number of nitrogens with one attached hydrogen (secondary N) is 2. The van der Waals surface area contributed by atoms with Crippen LogP contribution in [0.15, 0.2) is 22.2 Å². The first-order valence-corrected chi connectivity index (χ1v) is 6.89. The Morgan fingerprint density at radius 3 is 1.74 bits per heavy atom. The van der Waals surface area contributed by atoms with Gasteiger partial charge in [0.05, 0.1) is 11.4 Å². The zero-order valence-electron chi connectivity index (χ0n) is 12.4. The summed E-state index contributed by atoms with van der Waals surface area (Å²) >= 11 is 0. The molecule has 4 rings (SSSR count). The summed E-state index contributed by atoms with van der Waals surface area (Å²) in [6, 6.07) is 0. The summed E-state index contributed by atoms with van der Waals surface area (Å²) in [5.41, 5.74) is 1.37. The van der Waals surface area contributed by atoms with E-state index in [-0.39, 0.29) is 17.5 Å². The maximum atomic E-state index is 12.6. The average molecular weight is 312 g/mol. The van der Waals surface area contributed by atoms with Gasteiger partial charge in [0.15, 0.2) is 0 Å². The van der Waals surface area contributed by atoms with Crippen LogP contribution >= 0.6 is 0 Å². The van der Waals surface area contributed by atoms with E-state index in [1.54, 1.807) is 13.8 Å². The summed E-state index contributed by atoms with van der Waals surface area (Å²) in [5.74, 6) is 0.596. The highest BCUT2D eigenvalue weighted by atomic mass is 16.1. The fourth-order valence-corrected chi connectivity index (χ4v) is 2.57. The molecule has 0 aliphatic carbocycles. The lowest BCUT2D eigenvalue weighted by atomic mass is 10.1. The summed E-state index contributed by atoms with van der Waals surface area (Å²) in [6.45, 7) is 3.45. The first-order chi connectivity index (χ1) is 11.1. The fourth-order valence-electron chi connectivity index (χ4n) is 2.57. The molecule has 4 heterocycles. The molecule has 0 aliphatic rings. The van der Waals surface area contributed by atoms with Gasteiger partial charge in [0.2, 0.25) is 0 Å². The molecule has 0 bridgehead atoms. The lowest BCUT2D eigenvalue weighted by Gasteiger charge is -2.07. The van der Waals surface area contributed by atoms with Crippen LogP contribution in [0.25, 0.3) is 11.6 Å². The molecule has 116 valence electrons. The number of aromatic nitrogens is 8. The van der Waals surface area contributed by atoms with Crippen molar-refractivity contribution in [3.63, 3.8) is 0 Å². The van der Waals surface area contributed by atoms with Crippen LogP contribution < -0.4 is 11.1 Å². The van der Waals surface area contributed by atoms with Crippen LogP contribution in [0, 0.1) is 13.8 Å². The number of aromatic amines is 2. The van der Waals surface area contributed by atoms with Crippen LogP contribution in [0.2, 0.25) is 0 Å². The number of fused-ring (bicyclic) bond motifs is 2. The van der Waals surface area contributed by atoms with E-state index < -0.39 is 0 Å². The molecule has 0 radical (unpaired) electrons. The Morgan fingerprint density at radius 2 is 1.30 bits per heavy atom. The summed E-state index contributed by atoms with van der Waals surface area (Å²) < 4.78 is 2.49. The van der Waals surface area contributed by atoms with E-state index in [1.807, 2.05) is 0 Å². The summed E-state index contributed by atoms with van der Waals surface area (Å²) in [7, 11) is 0. The van der Waals surface area contributed by atoms with E-state index in [9.17, 15) is 9.59 Å². The minimum atomic E-state index is -0.279. The molecule has 4 aromatic rings. The van der Waals surface area contributed by atoms with Gasteiger partial charge in [-0.2, -0.15) is 9.03 Å². The number of nitrogens with zero attached hydrogens (tertiary/aromatic N) is 6. The fraction of sp³-hybridized carbons (Fsp3) is 0.231. The lowest BCUT2D eigenvalue weighted by Crippen LogP contribution is -2.27. The Hall–Kier alpha value is -3.30. The van der Waals surface area contributed by atoms with Gasteiger partial charge in [0.1, 0.15) is 12.7 Å². The Bertz CT molecular complexity index is 1070. The number of aryl methyl sites for hydroxylation is 2. The Labute approximate surface area is 127 Å². The maximum absolute atomic E-state index is 12.6. The van der Waals surface area contributed by atoms with E-state index in [2.05, 4.69) is 30.1 Å². The molecule has 0 spiro atoms. The topological polar surface area (TPSA) is 126 Å². The maximum Gasteiger partial charge on any atom is 0.277 e. The molecule has 10 heteroatoms. The highest BCUT2D eigenvalue weighted by molar-refractivity contribution is 5.37. The Morgan fingerprint density at radius 1 is 0.870 bits per heavy atom. The van der Waals surface area contributed by atoms with Gasteiger partial charge in [-0.1, -0.05) is 0 Å². The first-order valence-electron chi connectivity index (χ1n) is 6.89. The molecule has 0 amide bonds. The third-order valence-corrected chi connectivity index (χ3v) is 3.82. The molecule has 0 saturated heterocycles. The number of rotatable bonds is 2. The van der Waals surface area contributed by atoms with Gasteiger partial charge < -0.3 is 0 Å². The van der Waals surface area contributed by atoms with Crippen molar-refractivity contribution in [1.29, 1.82) is 0 Å². The van der Waals surface area contributed by atoms with Crippen LogP contribution in [0.1, 0.15) is 22.5 Å². The van der Waals surface area contributed by atoms with Crippen LogP contribution in [-0.2, 0) is 6.42 Å². The standard InChI is InChI=1S/C13H12N8O2/c1-6-8(10(22)20-12(18-6)14-4-16-20)3-9-7(2)19-13-15-5-17-21(13)11(9)23/h4-5H,3H2,1-2H3,(H,14,16,18)(H,15,17,19). The van der Waals surface area contributed by atoms with Gasteiger partial charge >= 0.3 is 0 Å². The highest BCUT2D eigenvalue weighted by Crippen LogP contribution is 2.09. The monoisotopic (exact) mass is 312 g/mol. The second-order valence-corrected chi connectivity index (χ2v) is 5.18. The lowest BCUT2D eigenvalue weighted by molar-refractivity contribution is 0.830. The van der Waals surface area contributed by atoms with Crippen molar-refractivity contribution in [2.45, 2.75) is 20.3 Å². The van der Waals surface area contributed by atoms with Gasteiger partial charge in [-0.15, -0.1) is 0 Å². The van der Waals surface area contributed by atoms with Crippen molar-refractivity contribution in [2.24, 2.45) is 0 Å². The van der Waals surface area contributed by atoms with Crippen molar-refractivity contribution in [2.75, 3.05) is 0 Å². The zero-order chi connectivity index (χ0) is 16.1. The van der Waals surface area contributed by atoms with E-state index in [0.717, 1.165) is 0 Å². The van der Waals surface area contributed by atoms with Crippen molar-refractivity contribution < 1.29 is 0 Å². The van der Waals surface area contributed by atoms with Gasteiger partial charge in [-0.05, 0) is 13.8 Å². The van der Waals surface area contributed by atoms with Crippen molar-refractivity contribution >= 4 is 11.6 Å². The molecule has 0 aliphatic heterocycles. The minimum absolute atomic E-state index is 0.138. The minimum Gasteiger partial charge on any atom is -0.278 e. The average Bonchev–Trinajstić information content (AvgIpc) is 3.15. The SMILES string of the molecule is Cc1nc2nc[nH]n2c(=O)c1Cc1c(C)nc2nc[nH]n2c1=O. The molecule has 0 aromatic carbocycles. The quantitative estimate of drug-likeness (QED) is 0.507. The number of H-pyrrole nitrogens is 2. The van der Waals surface area contributed by atoms with E-state index in [0.29, 0.717) is 34.1 Å². The van der Waals surface area contributed by atoms with Crippen LogP contribution in [0.5, 0.6) is 0 Å². The third kappa shape index (κ3) is 1.88. The molecule has 10 nitrogen and oxygen atoms in total. The summed E-state index contributed by atoms with van der Waals surface area (Å²) in [4.78, 5) is 41.6. The number of hydrogen-bond acceptors (Lipinski definition) is 6. The molecular formula is C13H12N8O2. The molecule has 0 unspecified atom stereocenters. The smallest absolute Gasteiger partial charge is 0.277 e. The molecule has 23 heavy (non-hydrogen) atoms. The van der Waals surface area contributed by atoms with Gasteiger partial charge in [-0.3, -0.25) is 19.8 Å². The normalized spacial score (nSPS) is 11.6. The predicted molar refractivity (Wildman–Crippen MR) is 79.5 cm³/mol. The third-order valence-electron chi connectivity index (χ3n) is 3.82. The van der Waals surface area contributed by atoms with Crippen LogP contribution in [0.3, 0.4) is 0 Å². The van der Waals surface area contributed by atoms with Crippen molar-refractivity contribution in [3.05, 3.63) is 55.9 Å². The Kier molecular flexibility index (Phi) is 2.67. The first kappa shape index (κ1) is 13.4. The summed E-state index contributed by atoms with van der Waals surface area (Å²) in [5, 5.41) is 5.42. The van der Waals surface area contributed by atoms with E-state index in [4.69, 9.17) is 0 Å².